The molecule has 1 amide bonds. The van der Waals surface area contributed by atoms with Crippen molar-refractivity contribution in [2.24, 2.45) is 5.92 Å². The lowest BCUT2D eigenvalue weighted by atomic mass is 9.85. The molecule has 2 aromatic heterocycles. The highest BCUT2D eigenvalue weighted by Crippen LogP contribution is 2.36. The number of hydrogen-bond donors (Lipinski definition) is 3. The average Bonchev–Trinajstić information content (AvgIpc) is 2.88. The van der Waals surface area contributed by atoms with Crippen LogP contribution in [0.1, 0.15) is 24.4 Å². The maximum Gasteiger partial charge on any atom is 0.407 e. The summed E-state index contributed by atoms with van der Waals surface area (Å²) in [5, 5.41) is 13.1. The van der Waals surface area contributed by atoms with Gasteiger partial charge >= 0.3 is 6.09 Å². The van der Waals surface area contributed by atoms with Crippen LogP contribution in [0, 0.1) is 5.92 Å². The molecule has 1 aliphatic rings. The number of piperidine rings is 1. The number of amides is 1. The summed E-state index contributed by atoms with van der Waals surface area (Å²) in [5.41, 5.74) is 12.2. The lowest BCUT2D eigenvalue weighted by molar-refractivity contribution is 0.121. The van der Waals surface area contributed by atoms with Gasteiger partial charge in [0.05, 0.1) is 17.1 Å². The van der Waals surface area contributed by atoms with Gasteiger partial charge in [-0.3, -0.25) is 15.0 Å². The van der Waals surface area contributed by atoms with Gasteiger partial charge in [-0.1, -0.05) is 18.2 Å². The standard InChI is InChI=1S/C26H26N6O2/c27-20-5-3-17(4-6-20)22-14-21(15-23-25(22)30-11-10-29-23)31-24(19-2-1-9-28-16-19)18-7-12-32(13-8-18)26(33)34/h1-6,9-11,14-16,18,24,31H,7-8,12-13,27H2,(H,33,34). The molecule has 0 aliphatic carbocycles. The molecule has 1 unspecified atom stereocenters. The summed E-state index contributed by atoms with van der Waals surface area (Å²) in [4.78, 5) is 26.3. The van der Waals surface area contributed by atoms with Gasteiger partial charge in [0.2, 0.25) is 0 Å². The first kappa shape index (κ1) is 21.6. The molecular weight excluding hydrogens is 428 g/mol. The Morgan fingerprint density at radius 1 is 1.06 bits per heavy atom. The van der Waals surface area contributed by atoms with Crippen LogP contribution in [0.5, 0.6) is 0 Å². The second-order valence-electron chi connectivity index (χ2n) is 8.59. The van der Waals surface area contributed by atoms with Crippen LogP contribution in [-0.2, 0) is 0 Å². The summed E-state index contributed by atoms with van der Waals surface area (Å²) in [5.74, 6) is 0.261. The fourth-order valence-electron chi connectivity index (χ4n) is 4.68. The van der Waals surface area contributed by atoms with E-state index in [0.29, 0.717) is 18.8 Å². The van der Waals surface area contributed by atoms with Gasteiger partial charge in [-0.15, -0.1) is 0 Å². The highest BCUT2D eigenvalue weighted by atomic mass is 16.4. The topological polar surface area (TPSA) is 117 Å². The Balaban J connectivity index is 1.52. The quantitative estimate of drug-likeness (QED) is 0.370. The molecule has 0 saturated carbocycles. The number of nitrogens with two attached hydrogens (primary N) is 1. The number of hydrogen-bond acceptors (Lipinski definition) is 6. The lowest BCUT2D eigenvalue weighted by Gasteiger charge is -2.36. The summed E-state index contributed by atoms with van der Waals surface area (Å²) in [7, 11) is 0. The summed E-state index contributed by atoms with van der Waals surface area (Å²) in [6.45, 7) is 1.05. The molecule has 4 N–H and O–H groups in total. The van der Waals surface area contributed by atoms with Crippen molar-refractivity contribution in [1.82, 2.24) is 19.9 Å². The number of likely N-dealkylation sites (tertiary alicyclic amines) is 1. The van der Waals surface area contributed by atoms with Gasteiger partial charge in [-0.05, 0) is 60.2 Å². The Labute approximate surface area is 197 Å². The van der Waals surface area contributed by atoms with Crippen LogP contribution in [0.25, 0.3) is 22.2 Å². The number of pyridine rings is 1. The van der Waals surface area contributed by atoms with Gasteiger partial charge in [-0.2, -0.15) is 0 Å². The van der Waals surface area contributed by atoms with Crippen molar-refractivity contribution in [3.05, 3.63) is 78.9 Å². The normalized spacial score (nSPS) is 15.2. The Hall–Kier alpha value is -4.20. The van der Waals surface area contributed by atoms with E-state index in [1.165, 1.54) is 4.90 Å². The van der Waals surface area contributed by atoms with Crippen LogP contribution in [0.15, 0.2) is 73.3 Å². The molecule has 1 aliphatic heterocycles. The zero-order valence-corrected chi connectivity index (χ0v) is 18.6. The molecule has 34 heavy (non-hydrogen) atoms. The van der Waals surface area contributed by atoms with E-state index in [2.05, 4.69) is 32.4 Å². The van der Waals surface area contributed by atoms with E-state index < -0.39 is 6.09 Å². The van der Waals surface area contributed by atoms with Crippen molar-refractivity contribution in [2.45, 2.75) is 18.9 Å². The number of carbonyl (C=O) groups is 1. The first-order valence-corrected chi connectivity index (χ1v) is 11.3. The Kier molecular flexibility index (Phi) is 5.95. The fourth-order valence-corrected chi connectivity index (χ4v) is 4.68. The van der Waals surface area contributed by atoms with Crippen LogP contribution >= 0.6 is 0 Å². The second-order valence-corrected chi connectivity index (χ2v) is 8.59. The van der Waals surface area contributed by atoms with Gasteiger partial charge < -0.3 is 21.1 Å². The maximum atomic E-state index is 11.4. The molecule has 8 heteroatoms. The molecule has 4 aromatic rings. The van der Waals surface area contributed by atoms with Crippen molar-refractivity contribution in [2.75, 3.05) is 24.1 Å². The number of fused-ring (bicyclic) bond motifs is 1. The Morgan fingerprint density at radius 3 is 2.53 bits per heavy atom. The monoisotopic (exact) mass is 454 g/mol. The molecule has 3 heterocycles. The van der Waals surface area contributed by atoms with Crippen molar-refractivity contribution >= 4 is 28.5 Å². The van der Waals surface area contributed by atoms with Gasteiger partial charge in [0, 0.05) is 54.8 Å². The van der Waals surface area contributed by atoms with Crippen LogP contribution in [0.2, 0.25) is 0 Å². The van der Waals surface area contributed by atoms with Gasteiger partial charge in [0.25, 0.3) is 0 Å². The lowest BCUT2D eigenvalue weighted by Crippen LogP contribution is -2.40. The van der Waals surface area contributed by atoms with E-state index in [4.69, 9.17) is 5.73 Å². The van der Waals surface area contributed by atoms with Crippen molar-refractivity contribution < 1.29 is 9.90 Å². The predicted octanol–water partition coefficient (Wildman–Crippen LogP) is 4.82. The number of carboxylic acid groups (broad SMARTS) is 1. The van der Waals surface area contributed by atoms with Crippen molar-refractivity contribution in [1.29, 1.82) is 0 Å². The van der Waals surface area contributed by atoms with Crippen LogP contribution in [-0.4, -0.2) is 44.1 Å². The van der Waals surface area contributed by atoms with E-state index in [1.807, 2.05) is 42.6 Å². The summed E-state index contributed by atoms with van der Waals surface area (Å²) >= 11 is 0. The van der Waals surface area contributed by atoms with E-state index in [9.17, 15) is 9.90 Å². The highest BCUT2D eigenvalue weighted by molar-refractivity contribution is 5.94. The van der Waals surface area contributed by atoms with Crippen LogP contribution < -0.4 is 11.1 Å². The molecule has 172 valence electrons. The zero-order valence-electron chi connectivity index (χ0n) is 18.6. The predicted molar refractivity (Wildman–Crippen MR) is 132 cm³/mol. The third-order valence-corrected chi connectivity index (χ3v) is 6.44. The number of nitrogens with one attached hydrogen (secondary N) is 1. The first-order valence-electron chi connectivity index (χ1n) is 11.3. The zero-order chi connectivity index (χ0) is 23.5. The molecule has 1 fully saturated rings. The Bertz CT molecular complexity index is 1290. The number of benzene rings is 2. The number of nitrogen functional groups attached to an aromatic ring is 1. The molecule has 2 aromatic carbocycles. The van der Waals surface area contributed by atoms with Crippen molar-refractivity contribution in [3.8, 4) is 11.1 Å². The average molecular weight is 455 g/mol. The number of aromatic nitrogens is 3. The minimum Gasteiger partial charge on any atom is -0.465 e. The molecule has 1 saturated heterocycles. The number of rotatable bonds is 5. The third kappa shape index (κ3) is 4.47. The largest absolute Gasteiger partial charge is 0.465 e. The van der Waals surface area contributed by atoms with Crippen LogP contribution in [0.4, 0.5) is 16.2 Å². The Morgan fingerprint density at radius 2 is 1.82 bits per heavy atom. The minimum atomic E-state index is -0.856. The fraction of sp³-hybridized carbons (Fsp3) is 0.231. The molecule has 0 spiro atoms. The number of nitrogens with zero attached hydrogens (tertiary/aromatic N) is 4. The molecule has 8 nitrogen and oxygen atoms in total. The number of anilines is 2. The second kappa shape index (κ2) is 9.35. The SMILES string of the molecule is Nc1ccc(-c2cc(NC(c3cccnc3)C3CCN(C(=O)O)CC3)cc3nccnc23)cc1. The smallest absolute Gasteiger partial charge is 0.407 e. The molecular formula is C26H26N6O2. The van der Waals surface area contributed by atoms with E-state index >= 15 is 0 Å². The first-order chi connectivity index (χ1) is 16.6. The van der Waals surface area contributed by atoms with E-state index in [0.717, 1.165) is 46.3 Å². The van der Waals surface area contributed by atoms with E-state index in [-0.39, 0.29) is 12.0 Å². The highest BCUT2D eigenvalue weighted by Gasteiger charge is 2.30. The van der Waals surface area contributed by atoms with Gasteiger partial charge in [-0.25, -0.2) is 4.79 Å². The van der Waals surface area contributed by atoms with Crippen molar-refractivity contribution in [3.63, 3.8) is 0 Å². The molecule has 0 bridgehead atoms. The van der Waals surface area contributed by atoms with E-state index in [1.54, 1.807) is 18.6 Å². The van der Waals surface area contributed by atoms with Crippen LogP contribution in [0.3, 0.4) is 0 Å². The minimum absolute atomic E-state index is 0.0157. The molecule has 0 radical (unpaired) electrons. The summed E-state index contributed by atoms with van der Waals surface area (Å²) in [6.07, 6.45) is 7.73. The van der Waals surface area contributed by atoms with Gasteiger partial charge in [0.15, 0.2) is 0 Å². The third-order valence-electron chi connectivity index (χ3n) is 6.44. The molecule has 5 rings (SSSR count). The van der Waals surface area contributed by atoms with Gasteiger partial charge in [0.1, 0.15) is 0 Å². The molecule has 1 atom stereocenters. The summed E-state index contributed by atoms with van der Waals surface area (Å²) < 4.78 is 0. The summed E-state index contributed by atoms with van der Waals surface area (Å²) in [6, 6.07) is 15.8. The maximum absolute atomic E-state index is 11.4.